The van der Waals surface area contributed by atoms with Crippen molar-refractivity contribution in [2.24, 2.45) is 19.1 Å². The Hall–Kier alpha value is -4.61. The van der Waals surface area contributed by atoms with Crippen molar-refractivity contribution in [1.29, 1.82) is 0 Å². The number of aliphatic imine (C=N–C) groups is 1. The smallest absolute Gasteiger partial charge is 0.256 e. The maximum atomic E-state index is 14.3. The molecule has 1 aliphatic carbocycles. The molecule has 12 heteroatoms. The predicted molar refractivity (Wildman–Crippen MR) is 140 cm³/mol. The van der Waals surface area contributed by atoms with E-state index in [2.05, 4.69) is 20.4 Å². The summed E-state index contributed by atoms with van der Waals surface area (Å²) in [4.78, 5) is 29.9. The minimum Gasteiger partial charge on any atom is -0.383 e. The molecule has 4 N–H and O–H groups in total. The van der Waals surface area contributed by atoms with E-state index in [1.165, 1.54) is 16.9 Å². The van der Waals surface area contributed by atoms with Crippen LogP contribution in [0.2, 0.25) is 0 Å². The fraction of sp³-hybridized carbons (Fsp3) is 0.269. The van der Waals surface area contributed by atoms with Gasteiger partial charge in [-0.2, -0.15) is 5.10 Å². The van der Waals surface area contributed by atoms with E-state index in [4.69, 9.17) is 15.7 Å². The van der Waals surface area contributed by atoms with Gasteiger partial charge in [0.2, 0.25) is 0 Å². The number of carbonyl (C=O) groups excluding carboxylic acids is 1. The fourth-order valence-electron chi connectivity index (χ4n) is 4.97. The summed E-state index contributed by atoms with van der Waals surface area (Å²) in [7, 11) is 3.54. The second-order valence-electron chi connectivity index (χ2n) is 9.56. The first-order valence-electron chi connectivity index (χ1n) is 12.2. The van der Waals surface area contributed by atoms with Crippen molar-refractivity contribution in [3.8, 4) is 11.4 Å². The molecule has 0 bridgehead atoms. The number of carbonyl (C=O) groups is 1. The van der Waals surface area contributed by atoms with Crippen LogP contribution in [0, 0.1) is 11.6 Å². The number of rotatable bonds is 4. The van der Waals surface area contributed by atoms with Crippen molar-refractivity contribution < 1.29 is 13.6 Å². The van der Waals surface area contributed by atoms with Crippen LogP contribution in [0.25, 0.3) is 33.3 Å². The number of hydrogen-bond donors (Lipinski definition) is 3. The minimum atomic E-state index is -0.685. The first-order valence-corrected chi connectivity index (χ1v) is 12.2. The summed E-state index contributed by atoms with van der Waals surface area (Å²) >= 11 is 0. The van der Waals surface area contributed by atoms with Crippen LogP contribution < -0.4 is 11.1 Å². The lowest BCUT2D eigenvalue weighted by atomic mass is 9.93. The fourth-order valence-corrected chi connectivity index (χ4v) is 4.97. The zero-order chi connectivity index (χ0) is 26.6. The first-order chi connectivity index (χ1) is 18.3. The molecule has 6 rings (SSSR count). The molecule has 0 spiro atoms. The van der Waals surface area contributed by atoms with Crippen LogP contribution in [0.4, 0.5) is 20.4 Å². The van der Waals surface area contributed by atoms with E-state index in [9.17, 15) is 13.6 Å². The van der Waals surface area contributed by atoms with Crippen molar-refractivity contribution in [3.05, 3.63) is 54.0 Å². The van der Waals surface area contributed by atoms with E-state index in [0.717, 1.165) is 36.4 Å². The number of anilines is 1. The van der Waals surface area contributed by atoms with E-state index in [1.807, 2.05) is 23.9 Å². The number of aromatic nitrogens is 6. The largest absolute Gasteiger partial charge is 0.383 e. The maximum Gasteiger partial charge on any atom is 0.256 e. The van der Waals surface area contributed by atoms with Crippen molar-refractivity contribution in [2.45, 2.75) is 31.7 Å². The number of benzene rings is 1. The summed E-state index contributed by atoms with van der Waals surface area (Å²) in [6.45, 7) is 0. The van der Waals surface area contributed by atoms with Crippen molar-refractivity contribution in [1.82, 2.24) is 34.6 Å². The van der Waals surface area contributed by atoms with Crippen molar-refractivity contribution in [3.63, 3.8) is 0 Å². The molecule has 38 heavy (non-hydrogen) atoms. The molecular formula is C26H25F2N9O. The molecule has 0 aliphatic heterocycles. The van der Waals surface area contributed by atoms with Crippen LogP contribution in [0.15, 0.2) is 41.8 Å². The minimum absolute atomic E-state index is 0.109. The molecule has 4 heterocycles. The molecule has 1 fully saturated rings. The van der Waals surface area contributed by atoms with Gasteiger partial charge in [-0.25, -0.2) is 23.7 Å². The molecule has 0 saturated heterocycles. The van der Waals surface area contributed by atoms with Gasteiger partial charge in [0.25, 0.3) is 5.91 Å². The quantitative estimate of drug-likeness (QED) is 0.329. The van der Waals surface area contributed by atoms with Gasteiger partial charge >= 0.3 is 0 Å². The summed E-state index contributed by atoms with van der Waals surface area (Å²) in [6.07, 6.45) is 7.88. The molecule has 5 aromatic rings. The molecule has 1 saturated carbocycles. The molecule has 4 aromatic heterocycles. The monoisotopic (exact) mass is 517 g/mol. The van der Waals surface area contributed by atoms with Gasteiger partial charge in [-0.15, -0.1) is 0 Å². The Labute approximate surface area is 215 Å². The lowest BCUT2D eigenvalue weighted by molar-refractivity contribution is 0.0935. The molecule has 1 atom stereocenters. The summed E-state index contributed by atoms with van der Waals surface area (Å²) in [5.74, 6) is -0.549. The highest BCUT2D eigenvalue weighted by Crippen LogP contribution is 2.33. The molecule has 1 aliphatic rings. The summed E-state index contributed by atoms with van der Waals surface area (Å²) < 4.78 is 31.6. The number of halogens is 2. The van der Waals surface area contributed by atoms with Gasteiger partial charge < -0.3 is 20.6 Å². The summed E-state index contributed by atoms with van der Waals surface area (Å²) in [6, 6.07) is 3.88. The van der Waals surface area contributed by atoms with E-state index in [0.29, 0.717) is 46.0 Å². The summed E-state index contributed by atoms with van der Waals surface area (Å²) in [5.41, 5.74) is 8.50. The third kappa shape index (κ3) is 4.07. The average Bonchev–Trinajstić information content (AvgIpc) is 3.57. The SMILES string of the molecule is Cn1ncc(C(=O)N[C@@H]2CCCC(=Nc3nc(-c4c[nH]c5c(F)cc(F)cc45)nc4c3ccn4C)C2)c1N. The van der Waals surface area contributed by atoms with Crippen LogP contribution >= 0.6 is 0 Å². The van der Waals surface area contributed by atoms with Crippen molar-refractivity contribution in [2.75, 3.05) is 5.73 Å². The number of fused-ring (bicyclic) bond motifs is 2. The lowest BCUT2D eigenvalue weighted by Gasteiger charge is -2.24. The second kappa shape index (κ2) is 9.05. The Bertz CT molecular complexity index is 1750. The molecule has 10 nitrogen and oxygen atoms in total. The number of aryl methyl sites for hydroxylation is 2. The van der Waals surface area contributed by atoms with Gasteiger partial charge in [-0.1, -0.05) is 0 Å². The number of H-pyrrole nitrogens is 1. The van der Waals surface area contributed by atoms with E-state index >= 15 is 0 Å². The van der Waals surface area contributed by atoms with Crippen LogP contribution in [-0.2, 0) is 14.1 Å². The zero-order valence-corrected chi connectivity index (χ0v) is 20.8. The van der Waals surface area contributed by atoms with Crippen molar-refractivity contribution >= 4 is 45.2 Å². The Kier molecular flexibility index (Phi) is 5.66. The number of nitrogens with one attached hydrogen (secondary N) is 2. The number of nitrogen functional groups attached to an aromatic ring is 1. The van der Waals surface area contributed by atoms with E-state index in [-0.39, 0.29) is 17.5 Å². The van der Waals surface area contributed by atoms with Crippen LogP contribution in [-0.4, -0.2) is 47.0 Å². The molecule has 1 amide bonds. The van der Waals surface area contributed by atoms with Gasteiger partial charge in [0.05, 0.1) is 17.1 Å². The molecular weight excluding hydrogens is 492 g/mol. The van der Waals surface area contributed by atoms with Crippen LogP contribution in [0.3, 0.4) is 0 Å². The molecule has 0 radical (unpaired) electrons. The number of hydrogen-bond acceptors (Lipinski definition) is 6. The topological polar surface area (TPSA) is 132 Å². The zero-order valence-electron chi connectivity index (χ0n) is 20.8. The third-order valence-electron chi connectivity index (χ3n) is 6.98. The maximum absolute atomic E-state index is 14.3. The Morgan fingerprint density at radius 1 is 1.24 bits per heavy atom. The van der Waals surface area contributed by atoms with Gasteiger partial charge in [0.15, 0.2) is 11.6 Å². The number of amides is 1. The molecule has 1 aromatic carbocycles. The number of nitrogens with zero attached hydrogens (tertiary/aromatic N) is 6. The Morgan fingerprint density at radius 3 is 2.87 bits per heavy atom. The van der Waals surface area contributed by atoms with E-state index < -0.39 is 11.6 Å². The number of nitrogens with two attached hydrogens (primary N) is 1. The lowest BCUT2D eigenvalue weighted by Crippen LogP contribution is -2.38. The van der Waals surface area contributed by atoms with Gasteiger partial charge in [-0.05, 0) is 31.4 Å². The second-order valence-corrected chi connectivity index (χ2v) is 9.56. The highest BCUT2D eigenvalue weighted by atomic mass is 19.1. The van der Waals surface area contributed by atoms with Crippen LogP contribution in [0.5, 0.6) is 0 Å². The highest BCUT2D eigenvalue weighted by Gasteiger charge is 2.24. The third-order valence-corrected chi connectivity index (χ3v) is 6.98. The average molecular weight is 518 g/mol. The van der Waals surface area contributed by atoms with E-state index in [1.54, 1.807) is 13.2 Å². The predicted octanol–water partition coefficient (Wildman–Crippen LogP) is 4.16. The highest BCUT2D eigenvalue weighted by molar-refractivity contribution is 6.00. The number of aromatic amines is 1. The van der Waals surface area contributed by atoms with Crippen LogP contribution in [0.1, 0.15) is 36.0 Å². The van der Waals surface area contributed by atoms with Gasteiger partial charge in [0, 0.05) is 61.7 Å². The molecule has 0 unspecified atom stereocenters. The first kappa shape index (κ1) is 23.8. The Balaban J connectivity index is 1.35. The normalized spacial score (nSPS) is 17.1. The van der Waals surface area contributed by atoms with Gasteiger partial charge in [-0.3, -0.25) is 9.48 Å². The summed E-state index contributed by atoms with van der Waals surface area (Å²) in [5, 5.41) is 8.19. The molecule has 194 valence electrons. The van der Waals surface area contributed by atoms with Gasteiger partial charge in [0.1, 0.15) is 28.7 Å². The standard InChI is InChI=1S/C26H25F2N9O/c1-36-7-6-16-23(32-14-4-3-5-15(10-14)33-26(38)19-12-31-37(2)22(19)29)34-24(35-25(16)36)18-11-30-21-17(18)8-13(27)9-20(21)28/h6-9,11-12,15,30H,3-5,10,29H2,1-2H3,(H,33,38)/t15-/m1/s1. The Morgan fingerprint density at radius 2 is 2.08 bits per heavy atom.